The van der Waals surface area contributed by atoms with Gasteiger partial charge in [-0.15, -0.1) is 0 Å². The van der Waals surface area contributed by atoms with E-state index in [9.17, 15) is 13.6 Å². The third-order valence-corrected chi connectivity index (χ3v) is 2.14. The molecule has 6 heteroatoms. The Hall–Kier alpha value is -2.50. The van der Waals surface area contributed by atoms with Gasteiger partial charge in [0.05, 0.1) is 0 Å². The average molecular weight is 264 g/mol. The number of carbonyl (C=O) groups excluding carboxylic acids is 1. The molecule has 0 fully saturated rings. The third-order valence-electron chi connectivity index (χ3n) is 2.14. The summed E-state index contributed by atoms with van der Waals surface area (Å²) in [5.74, 6) is -1.76. The van der Waals surface area contributed by atoms with Crippen LogP contribution in [0.1, 0.15) is 0 Å². The minimum Gasteiger partial charge on any atom is -0.468 e. The fraction of sp³-hybridized carbons (Fsp3) is 0.0769. The van der Waals surface area contributed by atoms with E-state index >= 15 is 0 Å². The van der Waals surface area contributed by atoms with Gasteiger partial charge < -0.3 is 10.1 Å². The third kappa shape index (κ3) is 4.02. The van der Waals surface area contributed by atoms with Gasteiger partial charge in [-0.05, 0) is 18.2 Å². The molecule has 0 atom stereocenters. The first-order valence-corrected chi connectivity index (χ1v) is 5.43. The number of carbonyl (C=O) groups is 1. The van der Waals surface area contributed by atoms with Gasteiger partial charge in [-0.3, -0.25) is 4.79 Å². The van der Waals surface area contributed by atoms with E-state index in [0.29, 0.717) is 5.88 Å². The fourth-order valence-corrected chi connectivity index (χ4v) is 1.40. The van der Waals surface area contributed by atoms with Crippen LogP contribution in [0.4, 0.5) is 14.5 Å². The minimum absolute atomic E-state index is 0.0344. The molecular weight excluding hydrogens is 254 g/mol. The van der Waals surface area contributed by atoms with Gasteiger partial charge in [-0.2, -0.15) is 0 Å². The molecule has 0 saturated carbocycles. The summed E-state index contributed by atoms with van der Waals surface area (Å²) in [5, 5.41) is 2.32. The molecule has 19 heavy (non-hydrogen) atoms. The fourth-order valence-electron chi connectivity index (χ4n) is 1.40. The number of amides is 1. The summed E-state index contributed by atoms with van der Waals surface area (Å²) in [6.07, 6.45) is 1.52. The molecule has 1 N–H and O–H groups in total. The van der Waals surface area contributed by atoms with Crippen molar-refractivity contribution in [2.24, 2.45) is 0 Å². The van der Waals surface area contributed by atoms with Crippen molar-refractivity contribution < 1.29 is 18.3 Å². The van der Waals surface area contributed by atoms with Crippen LogP contribution in [0, 0.1) is 11.6 Å². The summed E-state index contributed by atoms with van der Waals surface area (Å²) < 4.78 is 30.9. The second kappa shape index (κ2) is 5.90. The van der Waals surface area contributed by atoms with Crippen LogP contribution in [-0.4, -0.2) is 17.5 Å². The zero-order valence-electron chi connectivity index (χ0n) is 9.77. The predicted octanol–water partition coefficient (Wildman–Crippen LogP) is 2.38. The van der Waals surface area contributed by atoms with Gasteiger partial charge in [0.15, 0.2) is 6.61 Å². The highest BCUT2D eigenvalue weighted by atomic mass is 19.1. The minimum atomic E-state index is -0.763. The van der Waals surface area contributed by atoms with Crippen LogP contribution in [0.15, 0.2) is 42.6 Å². The summed E-state index contributed by atoms with van der Waals surface area (Å²) in [7, 11) is 0. The number of ether oxygens (including phenoxy) is 1. The zero-order valence-corrected chi connectivity index (χ0v) is 9.77. The van der Waals surface area contributed by atoms with Gasteiger partial charge in [-0.25, -0.2) is 13.8 Å². The Morgan fingerprint density at radius 3 is 2.58 bits per heavy atom. The van der Waals surface area contributed by atoms with Crippen LogP contribution in [0.25, 0.3) is 0 Å². The number of aromatic nitrogens is 1. The van der Waals surface area contributed by atoms with Crippen LogP contribution >= 0.6 is 0 Å². The molecule has 1 heterocycles. The van der Waals surface area contributed by atoms with Gasteiger partial charge in [0.25, 0.3) is 5.91 Å². The zero-order chi connectivity index (χ0) is 13.7. The van der Waals surface area contributed by atoms with E-state index in [-0.39, 0.29) is 12.3 Å². The lowest BCUT2D eigenvalue weighted by Crippen LogP contribution is -2.20. The summed E-state index contributed by atoms with van der Waals surface area (Å²) in [5.41, 5.74) is 0.0344. The molecule has 0 unspecified atom stereocenters. The average Bonchev–Trinajstić information content (AvgIpc) is 2.36. The first-order chi connectivity index (χ1) is 9.13. The Labute approximate surface area is 108 Å². The molecule has 0 bridgehead atoms. The monoisotopic (exact) mass is 264 g/mol. The molecule has 0 spiro atoms. The molecule has 4 nitrogen and oxygen atoms in total. The quantitative estimate of drug-likeness (QED) is 0.922. The van der Waals surface area contributed by atoms with Crippen LogP contribution in [0.5, 0.6) is 5.88 Å². The first kappa shape index (κ1) is 12.9. The van der Waals surface area contributed by atoms with E-state index in [1.807, 2.05) is 0 Å². The Morgan fingerprint density at radius 1 is 1.21 bits per heavy atom. The highest BCUT2D eigenvalue weighted by molar-refractivity contribution is 5.91. The van der Waals surface area contributed by atoms with Crippen LogP contribution in [0.3, 0.4) is 0 Å². The topological polar surface area (TPSA) is 51.2 Å². The molecule has 0 radical (unpaired) electrons. The highest BCUT2D eigenvalue weighted by Crippen LogP contribution is 2.12. The van der Waals surface area contributed by atoms with Crippen molar-refractivity contribution >= 4 is 11.6 Å². The Kier molecular flexibility index (Phi) is 4.02. The molecule has 1 aromatic heterocycles. The van der Waals surface area contributed by atoms with E-state index in [2.05, 4.69) is 10.3 Å². The number of pyridine rings is 1. The maximum absolute atomic E-state index is 12.9. The van der Waals surface area contributed by atoms with Gasteiger partial charge in [0, 0.05) is 24.0 Å². The number of halogens is 2. The van der Waals surface area contributed by atoms with E-state index in [0.717, 1.165) is 18.2 Å². The smallest absolute Gasteiger partial charge is 0.262 e. The van der Waals surface area contributed by atoms with Crippen molar-refractivity contribution in [2.75, 3.05) is 11.9 Å². The van der Waals surface area contributed by atoms with Crippen molar-refractivity contribution in [3.8, 4) is 5.88 Å². The molecule has 0 aliphatic carbocycles. The van der Waals surface area contributed by atoms with Crippen LogP contribution in [-0.2, 0) is 4.79 Å². The van der Waals surface area contributed by atoms with E-state index in [1.165, 1.54) is 6.20 Å². The van der Waals surface area contributed by atoms with Crippen LogP contribution in [0.2, 0.25) is 0 Å². The molecular formula is C13H10F2N2O2. The van der Waals surface area contributed by atoms with E-state index < -0.39 is 17.5 Å². The summed E-state index contributed by atoms with van der Waals surface area (Å²) in [6.45, 7) is -0.296. The van der Waals surface area contributed by atoms with E-state index in [4.69, 9.17) is 4.74 Å². The largest absolute Gasteiger partial charge is 0.468 e. The second-order valence-corrected chi connectivity index (χ2v) is 3.66. The Bertz CT molecular complexity index is 556. The number of anilines is 1. The van der Waals surface area contributed by atoms with Crippen molar-refractivity contribution in [2.45, 2.75) is 0 Å². The first-order valence-electron chi connectivity index (χ1n) is 5.43. The Balaban J connectivity index is 1.91. The molecule has 1 amide bonds. The maximum atomic E-state index is 12.9. The lowest BCUT2D eigenvalue weighted by atomic mass is 10.3. The van der Waals surface area contributed by atoms with Gasteiger partial charge >= 0.3 is 0 Å². The number of rotatable bonds is 4. The van der Waals surface area contributed by atoms with Crippen LogP contribution < -0.4 is 10.1 Å². The molecule has 1 aromatic carbocycles. The van der Waals surface area contributed by atoms with E-state index in [1.54, 1.807) is 18.2 Å². The second-order valence-electron chi connectivity index (χ2n) is 3.66. The molecule has 0 aliphatic heterocycles. The Morgan fingerprint density at radius 2 is 1.95 bits per heavy atom. The number of nitrogens with one attached hydrogen (secondary N) is 1. The van der Waals surface area contributed by atoms with Gasteiger partial charge in [0.2, 0.25) is 5.88 Å². The van der Waals surface area contributed by atoms with Gasteiger partial charge in [0.1, 0.15) is 11.6 Å². The van der Waals surface area contributed by atoms with Crippen molar-refractivity contribution in [3.63, 3.8) is 0 Å². The molecule has 0 aliphatic rings. The highest BCUT2D eigenvalue weighted by Gasteiger charge is 2.06. The lowest BCUT2D eigenvalue weighted by molar-refractivity contribution is -0.118. The lowest BCUT2D eigenvalue weighted by Gasteiger charge is -2.07. The molecule has 0 saturated heterocycles. The summed E-state index contributed by atoms with van der Waals surface area (Å²) >= 11 is 0. The maximum Gasteiger partial charge on any atom is 0.262 e. The van der Waals surface area contributed by atoms with Crippen molar-refractivity contribution in [3.05, 3.63) is 54.2 Å². The number of hydrogen-bond acceptors (Lipinski definition) is 3. The standard InChI is InChI=1S/C13H10F2N2O2/c14-9-5-10(15)7-11(6-9)17-12(18)8-19-13-3-1-2-4-16-13/h1-7H,8H2,(H,17,18). The SMILES string of the molecule is O=C(COc1ccccn1)Nc1cc(F)cc(F)c1. The van der Waals surface area contributed by atoms with Crippen molar-refractivity contribution in [1.82, 2.24) is 4.98 Å². The predicted molar refractivity (Wildman–Crippen MR) is 64.7 cm³/mol. The van der Waals surface area contributed by atoms with Crippen molar-refractivity contribution in [1.29, 1.82) is 0 Å². The summed E-state index contributed by atoms with van der Waals surface area (Å²) in [6, 6.07) is 7.77. The van der Waals surface area contributed by atoms with Gasteiger partial charge in [-0.1, -0.05) is 6.07 Å². The molecule has 98 valence electrons. The normalized spacial score (nSPS) is 10.0. The molecule has 2 rings (SSSR count). The molecule has 2 aromatic rings. The summed E-state index contributed by atoms with van der Waals surface area (Å²) in [4.78, 5) is 15.4. The number of benzene rings is 1. The number of hydrogen-bond donors (Lipinski definition) is 1. The number of nitrogens with zero attached hydrogens (tertiary/aromatic N) is 1.